The van der Waals surface area contributed by atoms with Crippen molar-refractivity contribution in [3.8, 4) is 5.75 Å². The van der Waals surface area contributed by atoms with Gasteiger partial charge in [0.1, 0.15) is 10.6 Å². The fraction of sp³-hybridized carbons (Fsp3) is 0.0833. The molecule has 2 aromatic rings. The number of carbonyl (C=O) groups is 1. The van der Waals surface area contributed by atoms with Gasteiger partial charge in [0.2, 0.25) is 0 Å². The van der Waals surface area contributed by atoms with Gasteiger partial charge in [0.15, 0.2) is 0 Å². The topological polar surface area (TPSA) is 98.2 Å². The molecule has 0 aliphatic carbocycles. The quantitative estimate of drug-likeness (QED) is 0.858. The van der Waals surface area contributed by atoms with Gasteiger partial charge in [-0.25, -0.2) is 8.42 Å². The van der Waals surface area contributed by atoms with Gasteiger partial charge in [0, 0.05) is 16.4 Å². The molecule has 2 rings (SSSR count). The minimum Gasteiger partial charge on any atom is -0.495 e. The van der Waals surface area contributed by atoms with Crippen molar-refractivity contribution in [1.82, 2.24) is 10.2 Å². The van der Waals surface area contributed by atoms with Crippen LogP contribution in [-0.4, -0.2) is 31.6 Å². The number of ether oxygens (including phenoxy) is 1. The van der Waals surface area contributed by atoms with Crippen LogP contribution < -0.4 is 10.1 Å². The molecule has 1 heterocycles. The Hall–Kier alpha value is -2.19. The van der Waals surface area contributed by atoms with Gasteiger partial charge in [-0.15, -0.1) is 0 Å². The second-order valence-corrected chi connectivity index (χ2v) is 6.42. The maximum absolute atomic E-state index is 11.9. The Morgan fingerprint density at radius 1 is 1.29 bits per heavy atom. The maximum atomic E-state index is 11.9. The fourth-order valence-electron chi connectivity index (χ4n) is 1.57. The van der Waals surface area contributed by atoms with Crippen molar-refractivity contribution in [2.24, 2.45) is 0 Å². The lowest BCUT2D eigenvalue weighted by Gasteiger charge is -2.09. The molecule has 1 N–H and O–H groups in total. The summed E-state index contributed by atoms with van der Waals surface area (Å²) in [5.41, 5.74) is 0.549. The van der Waals surface area contributed by atoms with Crippen molar-refractivity contribution < 1.29 is 17.9 Å². The van der Waals surface area contributed by atoms with Gasteiger partial charge in [0.05, 0.1) is 25.1 Å². The van der Waals surface area contributed by atoms with Crippen LogP contribution in [0.2, 0.25) is 0 Å². The third-order valence-electron chi connectivity index (χ3n) is 2.53. The van der Waals surface area contributed by atoms with Crippen LogP contribution in [0.3, 0.4) is 0 Å². The van der Waals surface area contributed by atoms with Crippen LogP contribution in [0, 0.1) is 0 Å². The van der Waals surface area contributed by atoms with Crippen LogP contribution in [0.5, 0.6) is 5.75 Å². The van der Waals surface area contributed by atoms with Crippen molar-refractivity contribution in [1.29, 1.82) is 0 Å². The molecule has 0 fully saturated rings. The van der Waals surface area contributed by atoms with E-state index in [4.69, 9.17) is 15.4 Å². The molecule has 0 aliphatic rings. The molecule has 110 valence electrons. The molecule has 1 aromatic heterocycles. The van der Waals surface area contributed by atoms with Gasteiger partial charge in [-0.2, -0.15) is 10.2 Å². The lowest BCUT2D eigenvalue weighted by molar-refractivity contribution is 0.102. The molecule has 0 aliphatic heterocycles. The monoisotopic (exact) mass is 327 g/mol. The Kier molecular flexibility index (Phi) is 4.39. The van der Waals surface area contributed by atoms with Gasteiger partial charge < -0.3 is 10.1 Å². The summed E-state index contributed by atoms with van der Waals surface area (Å²) in [7, 11) is 2.66. The molecule has 1 aromatic carbocycles. The molecule has 0 radical (unpaired) electrons. The highest BCUT2D eigenvalue weighted by Gasteiger charge is 2.18. The number of hydrogen-bond acceptors (Lipinski definition) is 6. The zero-order chi connectivity index (χ0) is 15.5. The molecule has 0 bridgehead atoms. The van der Waals surface area contributed by atoms with Crippen LogP contribution in [-0.2, 0) is 9.05 Å². The average Bonchev–Trinajstić information content (AvgIpc) is 2.47. The molecule has 0 spiro atoms. The normalized spacial score (nSPS) is 11.0. The number of rotatable bonds is 4. The van der Waals surface area contributed by atoms with Crippen LogP contribution in [0.15, 0.2) is 41.6 Å². The lowest BCUT2D eigenvalue weighted by atomic mass is 10.2. The Morgan fingerprint density at radius 3 is 2.62 bits per heavy atom. The number of benzene rings is 1. The van der Waals surface area contributed by atoms with E-state index in [2.05, 4.69) is 15.5 Å². The van der Waals surface area contributed by atoms with Gasteiger partial charge in [-0.05, 0) is 24.3 Å². The molecular weight excluding hydrogens is 318 g/mol. The number of carbonyl (C=O) groups excluding carboxylic acids is 1. The first kappa shape index (κ1) is 15.2. The van der Waals surface area contributed by atoms with E-state index < -0.39 is 15.0 Å². The summed E-state index contributed by atoms with van der Waals surface area (Å²) in [5.74, 6) is -0.360. The van der Waals surface area contributed by atoms with E-state index in [0.29, 0.717) is 0 Å². The second kappa shape index (κ2) is 6.06. The molecule has 21 heavy (non-hydrogen) atoms. The Bertz CT molecular complexity index is 765. The fourth-order valence-corrected chi connectivity index (χ4v) is 2.59. The van der Waals surface area contributed by atoms with E-state index in [1.807, 2.05) is 0 Å². The minimum absolute atomic E-state index is 0.0913. The molecule has 0 atom stereocenters. The minimum atomic E-state index is -3.99. The highest BCUT2D eigenvalue weighted by molar-refractivity contribution is 8.13. The third-order valence-corrected chi connectivity index (χ3v) is 3.87. The number of amides is 1. The summed E-state index contributed by atoms with van der Waals surface area (Å²) in [6.07, 6.45) is 2.66. The van der Waals surface area contributed by atoms with Gasteiger partial charge >= 0.3 is 0 Å². The number of methoxy groups -OCH3 is 1. The molecule has 0 unspecified atom stereocenters. The highest BCUT2D eigenvalue weighted by Crippen LogP contribution is 2.29. The summed E-state index contributed by atoms with van der Waals surface area (Å²) >= 11 is 0. The van der Waals surface area contributed by atoms with Crippen molar-refractivity contribution >= 4 is 31.3 Å². The van der Waals surface area contributed by atoms with Crippen molar-refractivity contribution in [3.05, 3.63) is 42.2 Å². The van der Waals surface area contributed by atoms with Crippen LogP contribution in [0.25, 0.3) is 0 Å². The first-order valence-electron chi connectivity index (χ1n) is 5.62. The van der Waals surface area contributed by atoms with Crippen LogP contribution in [0.4, 0.5) is 5.69 Å². The van der Waals surface area contributed by atoms with Gasteiger partial charge in [-0.3, -0.25) is 4.79 Å². The smallest absolute Gasteiger partial charge is 0.265 e. The SMILES string of the molecule is COc1ccc(NC(=O)c2ccnnc2)cc1S(=O)(=O)Cl. The van der Waals surface area contributed by atoms with Crippen LogP contribution >= 0.6 is 10.7 Å². The predicted molar refractivity (Wildman–Crippen MR) is 76.0 cm³/mol. The molecule has 9 heteroatoms. The standard InChI is InChI=1S/C12H10ClN3O4S/c1-20-10-3-2-9(6-11(10)21(13,18)19)16-12(17)8-4-5-14-15-7-8/h2-7H,1H3,(H,16,17). The molecule has 0 saturated carbocycles. The highest BCUT2D eigenvalue weighted by atomic mass is 35.7. The molecule has 1 amide bonds. The number of hydrogen-bond donors (Lipinski definition) is 1. The van der Waals surface area contributed by atoms with E-state index in [0.717, 1.165) is 0 Å². The van der Waals surface area contributed by atoms with Crippen molar-refractivity contribution in [2.75, 3.05) is 12.4 Å². The number of nitrogens with one attached hydrogen (secondary N) is 1. The number of halogens is 1. The predicted octanol–water partition coefficient (Wildman–Crippen LogP) is 1.66. The summed E-state index contributed by atoms with van der Waals surface area (Å²) < 4.78 is 27.9. The summed E-state index contributed by atoms with van der Waals surface area (Å²) in [5, 5.41) is 9.68. The number of anilines is 1. The van der Waals surface area contributed by atoms with E-state index in [-0.39, 0.29) is 21.9 Å². The van der Waals surface area contributed by atoms with E-state index in [1.165, 1.54) is 43.8 Å². The van der Waals surface area contributed by atoms with Crippen molar-refractivity contribution in [2.45, 2.75) is 4.90 Å². The lowest BCUT2D eigenvalue weighted by Crippen LogP contribution is -2.12. The average molecular weight is 328 g/mol. The van der Waals surface area contributed by atoms with Crippen molar-refractivity contribution in [3.63, 3.8) is 0 Å². The summed E-state index contributed by atoms with van der Waals surface area (Å²) in [6.45, 7) is 0. The number of aromatic nitrogens is 2. The molecule has 7 nitrogen and oxygen atoms in total. The maximum Gasteiger partial charge on any atom is 0.265 e. The van der Waals surface area contributed by atoms with Gasteiger partial charge in [-0.1, -0.05) is 0 Å². The van der Waals surface area contributed by atoms with Crippen LogP contribution in [0.1, 0.15) is 10.4 Å². The van der Waals surface area contributed by atoms with E-state index in [1.54, 1.807) is 0 Å². The van der Waals surface area contributed by atoms with E-state index >= 15 is 0 Å². The summed E-state index contributed by atoms with van der Waals surface area (Å²) in [6, 6.07) is 5.59. The van der Waals surface area contributed by atoms with Gasteiger partial charge in [0.25, 0.3) is 15.0 Å². The summed E-state index contributed by atoms with van der Waals surface area (Å²) in [4.78, 5) is 11.7. The second-order valence-electron chi connectivity index (χ2n) is 3.89. The Balaban J connectivity index is 2.32. The first-order valence-corrected chi connectivity index (χ1v) is 7.93. The Labute approximate surface area is 125 Å². The first-order chi connectivity index (χ1) is 9.91. The third kappa shape index (κ3) is 3.67. The number of nitrogens with zero attached hydrogens (tertiary/aromatic N) is 2. The Morgan fingerprint density at radius 2 is 2.05 bits per heavy atom. The molecule has 0 saturated heterocycles. The largest absolute Gasteiger partial charge is 0.495 e. The zero-order valence-electron chi connectivity index (χ0n) is 10.8. The van der Waals surface area contributed by atoms with E-state index in [9.17, 15) is 13.2 Å². The molecular formula is C12H10ClN3O4S. The zero-order valence-corrected chi connectivity index (χ0v) is 12.4.